The summed E-state index contributed by atoms with van der Waals surface area (Å²) in [5, 5.41) is 0. The van der Waals surface area contributed by atoms with Crippen molar-refractivity contribution >= 4 is 5.71 Å². The van der Waals surface area contributed by atoms with E-state index in [1.807, 2.05) is 12.1 Å². The van der Waals surface area contributed by atoms with E-state index < -0.39 is 0 Å². The number of nitrogens with zero attached hydrogens (tertiary/aromatic N) is 1. The second-order valence-electron chi connectivity index (χ2n) is 5.11. The molecule has 0 radical (unpaired) electrons. The molecular weight excluding hydrogens is 361 g/mol. The fourth-order valence-corrected chi connectivity index (χ4v) is 2.69. The molecule has 0 N–H and O–H groups in total. The van der Waals surface area contributed by atoms with Crippen molar-refractivity contribution in [2.45, 2.75) is 13.3 Å². The molecule has 0 fully saturated rings. The summed E-state index contributed by atoms with van der Waals surface area (Å²) in [5.74, 6) is 0.938. The largest absolute Gasteiger partial charge is 1.00 e. The SMILES string of the molecule is C=C(C)C[N+]1=C(c2ccco2)c2ccccc2CC1.[I-]. The van der Waals surface area contributed by atoms with Crippen molar-refractivity contribution in [3.05, 3.63) is 71.7 Å². The molecule has 2 heterocycles. The van der Waals surface area contributed by atoms with Crippen molar-refractivity contribution in [1.29, 1.82) is 0 Å². The van der Waals surface area contributed by atoms with Crippen LogP contribution < -0.4 is 24.0 Å². The van der Waals surface area contributed by atoms with Crippen molar-refractivity contribution < 1.29 is 33.0 Å². The third kappa shape index (κ3) is 2.87. The minimum Gasteiger partial charge on any atom is -1.00 e. The van der Waals surface area contributed by atoms with Gasteiger partial charge in [-0.3, -0.25) is 0 Å². The first-order chi connectivity index (χ1) is 9.25. The number of benzene rings is 1. The number of rotatable bonds is 3. The number of fused-ring (bicyclic) bond motifs is 1. The van der Waals surface area contributed by atoms with Gasteiger partial charge in [-0.2, -0.15) is 0 Å². The Morgan fingerprint density at radius 1 is 1.25 bits per heavy atom. The van der Waals surface area contributed by atoms with E-state index in [0.717, 1.165) is 25.3 Å². The fraction of sp³-hybridized carbons (Fsp3) is 0.235. The van der Waals surface area contributed by atoms with Crippen LogP contribution in [0.25, 0.3) is 0 Å². The number of furan rings is 1. The van der Waals surface area contributed by atoms with Gasteiger partial charge in [0.25, 0.3) is 5.71 Å². The lowest BCUT2D eigenvalue weighted by Gasteiger charge is -2.17. The summed E-state index contributed by atoms with van der Waals surface area (Å²) in [5.41, 5.74) is 5.04. The first-order valence-electron chi connectivity index (χ1n) is 6.64. The molecule has 0 bridgehead atoms. The van der Waals surface area contributed by atoms with Crippen LogP contribution in [0.3, 0.4) is 0 Å². The molecule has 0 unspecified atom stereocenters. The van der Waals surface area contributed by atoms with Gasteiger partial charge in [0, 0.05) is 6.42 Å². The molecule has 0 saturated heterocycles. The van der Waals surface area contributed by atoms with Gasteiger partial charge in [0.1, 0.15) is 6.54 Å². The predicted octanol–water partition coefficient (Wildman–Crippen LogP) is 0.266. The van der Waals surface area contributed by atoms with Gasteiger partial charge < -0.3 is 28.4 Å². The maximum atomic E-state index is 5.63. The topological polar surface area (TPSA) is 16.1 Å². The minimum atomic E-state index is 0. The van der Waals surface area contributed by atoms with Crippen LogP contribution in [0, 0.1) is 0 Å². The molecule has 104 valence electrons. The molecule has 1 aliphatic heterocycles. The maximum absolute atomic E-state index is 5.63. The van der Waals surface area contributed by atoms with Crippen LogP contribution >= 0.6 is 0 Å². The highest BCUT2D eigenvalue weighted by Crippen LogP contribution is 2.20. The Kier molecular flexibility index (Phi) is 4.81. The van der Waals surface area contributed by atoms with Crippen LogP contribution in [-0.4, -0.2) is 23.4 Å². The summed E-state index contributed by atoms with van der Waals surface area (Å²) in [4.78, 5) is 0. The van der Waals surface area contributed by atoms with E-state index in [-0.39, 0.29) is 24.0 Å². The average Bonchev–Trinajstić information content (AvgIpc) is 2.91. The van der Waals surface area contributed by atoms with Crippen molar-refractivity contribution in [3.63, 3.8) is 0 Å². The zero-order valence-electron chi connectivity index (χ0n) is 11.6. The van der Waals surface area contributed by atoms with E-state index in [4.69, 9.17) is 4.42 Å². The molecule has 0 amide bonds. The van der Waals surface area contributed by atoms with Crippen LogP contribution in [0.1, 0.15) is 23.8 Å². The van der Waals surface area contributed by atoms with Crippen molar-refractivity contribution in [1.82, 2.24) is 0 Å². The normalized spacial score (nSPS) is 13.7. The zero-order chi connectivity index (χ0) is 13.2. The van der Waals surface area contributed by atoms with Gasteiger partial charge in [-0.1, -0.05) is 24.8 Å². The zero-order valence-corrected chi connectivity index (χ0v) is 13.8. The van der Waals surface area contributed by atoms with Crippen molar-refractivity contribution in [2.75, 3.05) is 13.1 Å². The highest BCUT2D eigenvalue weighted by atomic mass is 127. The van der Waals surface area contributed by atoms with Gasteiger partial charge in [-0.25, -0.2) is 4.58 Å². The second-order valence-corrected chi connectivity index (χ2v) is 5.11. The van der Waals surface area contributed by atoms with Gasteiger partial charge in [0.15, 0.2) is 12.3 Å². The molecule has 1 aromatic carbocycles. The molecule has 1 aliphatic rings. The predicted molar refractivity (Wildman–Crippen MR) is 76.9 cm³/mol. The summed E-state index contributed by atoms with van der Waals surface area (Å²) in [6.45, 7) is 8.00. The quantitative estimate of drug-likeness (QED) is 0.425. The lowest BCUT2D eigenvalue weighted by Crippen LogP contribution is -3.00. The second kappa shape index (κ2) is 6.39. The maximum Gasteiger partial charge on any atom is 0.250 e. The molecule has 2 nitrogen and oxygen atoms in total. The highest BCUT2D eigenvalue weighted by molar-refractivity contribution is 6.09. The molecule has 3 heteroatoms. The summed E-state index contributed by atoms with van der Waals surface area (Å²) in [7, 11) is 0. The van der Waals surface area contributed by atoms with E-state index in [1.54, 1.807) is 6.26 Å². The summed E-state index contributed by atoms with van der Waals surface area (Å²) in [6, 6.07) is 12.6. The lowest BCUT2D eigenvalue weighted by molar-refractivity contribution is -0.520. The number of hydrogen-bond acceptors (Lipinski definition) is 1. The Labute approximate surface area is 136 Å². The van der Waals surface area contributed by atoms with E-state index in [9.17, 15) is 0 Å². The Hall–Kier alpha value is -1.36. The van der Waals surface area contributed by atoms with Crippen LogP contribution in [-0.2, 0) is 6.42 Å². The van der Waals surface area contributed by atoms with Gasteiger partial charge in [0.05, 0.1) is 11.8 Å². The van der Waals surface area contributed by atoms with E-state index in [1.165, 1.54) is 22.4 Å². The lowest BCUT2D eigenvalue weighted by atomic mass is 9.95. The van der Waals surface area contributed by atoms with E-state index in [2.05, 4.69) is 42.3 Å². The standard InChI is InChI=1S/C17H18NO.HI/c1-13(2)12-18-10-9-14-6-3-4-7-15(14)17(18)16-8-5-11-19-16;/h3-8,11H,1,9-10,12H2,2H3;1H/q+1;/p-1. The molecule has 2 aromatic rings. The minimum absolute atomic E-state index is 0. The molecule has 0 saturated carbocycles. The Morgan fingerprint density at radius 2 is 2.05 bits per heavy atom. The Morgan fingerprint density at radius 3 is 2.75 bits per heavy atom. The smallest absolute Gasteiger partial charge is 0.250 e. The molecule has 0 atom stereocenters. The first-order valence-corrected chi connectivity index (χ1v) is 6.64. The average molecular weight is 379 g/mol. The molecular formula is C17H18INO. The Balaban J connectivity index is 0.00000147. The van der Waals surface area contributed by atoms with Gasteiger partial charge in [-0.15, -0.1) is 0 Å². The molecule has 3 rings (SSSR count). The molecule has 0 aliphatic carbocycles. The van der Waals surface area contributed by atoms with Crippen LogP contribution in [0.4, 0.5) is 0 Å². The van der Waals surface area contributed by atoms with Crippen LogP contribution in [0.2, 0.25) is 0 Å². The van der Waals surface area contributed by atoms with Crippen LogP contribution in [0.5, 0.6) is 0 Å². The Bertz CT molecular complexity index is 641. The number of halogens is 1. The van der Waals surface area contributed by atoms with Crippen molar-refractivity contribution in [3.8, 4) is 0 Å². The monoisotopic (exact) mass is 379 g/mol. The van der Waals surface area contributed by atoms with E-state index >= 15 is 0 Å². The molecule has 1 aromatic heterocycles. The number of hydrogen-bond donors (Lipinski definition) is 0. The van der Waals surface area contributed by atoms with Gasteiger partial charge in [0.2, 0.25) is 0 Å². The summed E-state index contributed by atoms with van der Waals surface area (Å²) < 4.78 is 8.00. The van der Waals surface area contributed by atoms with Crippen molar-refractivity contribution in [2.24, 2.45) is 0 Å². The summed E-state index contributed by atoms with van der Waals surface area (Å²) >= 11 is 0. The third-order valence-electron chi connectivity index (χ3n) is 3.46. The fourth-order valence-electron chi connectivity index (χ4n) is 2.69. The summed E-state index contributed by atoms with van der Waals surface area (Å²) in [6.07, 6.45) is 2.81. The third-order valence-corrected chi connectivity index (χ3v) is 3.46. The van der Waals surface area contributed by atoms with Crippen LogP contribution in [0.15, 0.2) is 59.2 Å². The molecule has 20 heavy (non-hydrogen) atoms. The van der Waals surface area contributed by atoms with E-state index in [0.29, 0.717) is 0 Å². The first kappa shape index (κ1) is 15.0. The van der Waals surface area contributed by atoms with Gasteiger partial charge >= 0.3 is 0 Å². The van der Waals surface area contributed by atoms with Gasteiger partial charge in [-0.05, 0) is 36.3 Å². The highest BCUT2D eigenvalue weighted by Gasteiger charge is 2.28. The molecule has 0 spiro atoms.